The zero-order chi connectivity index (χ0) is 29.0. The molecular formula is C27H33ClN6O5S. The number of fused-ring (bicyclic) bond motifs is 2. The lowest BCUT2D eigenvalue weighted by Crippen LogP contribution is -2.36. The molecule has 2 amide bonds. The van der Waals surface area contributed by atoms with Crippen LogP contribution in [0.2, 0.25) is 5.02 Å². The number of anilines is 2. The Balaban J connectivity index is 1.66. The fourth-order valence-corrected chi connectivity index (χ4v) is 5.04. The molecule has 0 aliphatic carbocycles. The van der Waals surface area contributed by atoms with Gasteiger partial charge in [0.2, 0.25) is 5.95 Å². The van der Waals surface area contributed by atoms with Gasteiger partial charge in [0, 0.05) is 37.3 Å². The molecule has 2 aromatic carbocycles. The Bertz CT molecular complexity index is 1510. The molecule has 0 spiro atoms. The van der Waals surface area contributed by atoms with Crippen molar-refractivity contribution in [3.05, 3.63) is 47.0 Å². The number of nitrogens with one attached hydrogen (secondary N) is 1. The Kier molecular flexibility index (Phi) is 9.14. The molecule has 0 saturated heterocycles. The zero-order valence-corrected chi connectivity index (χ0v) is 24.7. The van der Waals surface area contributed by atoms with Gasteiger partial charge in [-0.15, -0.1) is 0 Å². The van der Waals surface area contributed by atoms with E-state index >= 15 is 0 Å². The van der Waals surface area contributed by atoms with Gasteiger partial charge < -0.3 is 24.6 Å². The lowest BCUT2D eigenvalue weighted by Gasteiger charge is -2.25. The van der Waals surface area contributed by atoms with Crippen LogP contribution in [0.4, 0.5) is 15.9 Å². The van der Waals surface area contributed by atoms with Crippen LogP contribution in [0.15, 0.2) is 36.4 Å². The first-order valence-electron chi connectivity index (χ1n) is 12.8. The van der Waals surface area contributed by atoms with E-state index in [1.54, 1.807) is 32.2 Å². The van der Waals surface area contributed by atoms with Gasteiger partial charge in [-0.1, -0.05) is 22.9 Å². The molecule has 214 valence electrons. The minimum Gasteiger partial charge on any atom is -0.444 e. The third kappa shape index (κ3) is 7.00. The summed E-state index contributed by atoms with van der Waals surface area (Å²) in [5.41, 5.74) is 1.94. The molecule has 2 heterocycles. The Hall–Kier alpha value is -3.45. The molecule has 2 N–H and O–H groups in total. The maximum absolute atomic E-state index is 13.0. The number of aromatic nitrogens is 3. The number of ether oxygens (including phenoxy) is 1. The summed E-state index contributed by atoms with van der Waals surface area (Å²) in [7, 11) is 1.68. The first kappa shape index (κ1) is 29.5. The molecule has 0 bridgehead atoms. The standard InChI is InChI=1S/C27H33ClN6O5S/c1-6-34(38-14-13-35)23(36)17-7-10-21-20(15-17)29-24(31-25-30-19-9-8-18(28)16-22(19)40-25)33(21)12-11-32(5)26(37)39-27(2,3)4/h7-10,15-16,35H,6,11-14H2,1-5H3,(H,29,30,31). The third-order valence-electron chi connectivity index (χ3n) is 5.78. The first-order valence-corrected chi connectivity index (χ1v) is 14.0. The summed E-state index contributed by atoms with van der Waals surface area (Å²) in [6, 6.07) is 10.7. The van der Waals surface area contributed by atoms with Crippen molar-refractivity contribution in [1.29, 1.82) is 0 Å². The summed E-state index contributed by atoms with van der Waals surface area (Å²) in [5, 5.41) is 14.8. The van der Waals surface area contributed by atoms with Gasteiger partial charge in [-0.2, -0.15) is 0 Å². The number of likely N-dealkylation sites (N-methyl/N-ethyl adjacent to an activating group) is 1. The van der Waals surface area contributed by atoms with Crippen molar-refractivity contribution >= 4 is 67.3 Å². The minimum absolute atomic E-state index is 0.0169. The first-order chi connectivity index (χ1) is 19.0. The maximum Gasteiger partial charge on any atom is 0.410 e. The molecule has 4 rings (SSSR count). The van der Waals surface area contributed by atoms with E-state index in [1.165, 1.54) is 21.3 Å². The van der Waals surface area contributed by atoms with E-state index < -0.39 is 11.7 Å². The maximum atomic E-state index is 13.0. The van der Waals surface area contributed by atoms with Gasteiger partial charge in [0.15, 0.2) is 5.13 Å². The average molecular weight is 589 g/mol. The van der Waals surface area contributed by atoms with Gasteiger partial charge in [-0.3, -0.25) is 9.63 Å². The summed E-state index contributed by atoms with van der Waals surface area (Å²) in [5.74, 6) is 0.167. The molecule has 13 heteroatoms. The number of carbonyl (C=O) groups excluding carboxylic acids is 2. The van der Waals surface area contributed by atoms with Crippen molar-refractivity contribution in [3.63, 3.8) is 0 Å². The van der Waals surface area contributed by atoms with Crippen LogP contribution in [0.25, 0.3) is 21.3 Å². The van der Waals surface area contributed by atoms with E-state index in [2.05, 4.69) is 10.3 Å². The second-order valence-electron chi connectivity index (χ2n) is 10.0. The predicted octanol–water partition coefficient (Wildman–Crippen LogP) is 5.30. The van der Waals surface area contributed by atoms with Crippen molar-refractivity contribution in [3.8, 4) is 0 Å². The number of thiazole rings is 1. The van der Waals surface area contributed by atoms with Crippen LogP contribution >= 0.6 is 22.9 Å². The number of hydrogen-bond donors (Lipinski definition) is 2. The molecule has 40 heavy (non-hydrogen) atoms. The fourth-order valence-electron chi connectivity index (χ4n) is 3.90. The molecule has 11 nitrogen and oxygen atoms in total. The lowest BCUT2D eigenvalue weighted by molar-refractivity contribution is -0.128. The fraction of sp³-hybridized carbons (Fsp3) is 0.407. The van der Waals surface area contributed by atoms with Crippen LogP contribution in [0.1, 0.15) is 38.1 Å². The number of carbonyl (C=O) groups is 2. The van der Waals surface area contributed by atoms with Gasteiger partial charge in [-0.25, -0.2) is 19.8 Å². The number of nitrogens with zero attached hydrogens (tertiary/aromatic N) is 5. The molecule has 0 fully saturated rings. The van der Waals surface area contributed by atoms with Gasteiger partial charge in [0.1, 0.15) is 5.60 Å². The number of aliphatic hydroxyl groups is 1. The van der Waals surface area contributed by atoms with Crippen LogP contribution in [-0.4, -0.2) is 80.6 Å². The van der Waals surface area contributed by atoms with E-state index in [4.69, 9.17) is 31.3 Å². The van der Waals surface area contributed by atoms with Gasteiger partial charge in [0.25, 0.3) is 5.91 Å². The molecule has 0 aliphatic rings. The molecule has 4 aromatic rings. The van der Waals surface area contributed by atoms with Crippen molar-refractivity contribution in [1.82, 2.24) is 24.5 Å². The highest BCUT2D eigenvalue weighted by Gasteiger charge is 2.22. The Morgan fingerprint density at radius 2 is 1.93 bits per heavy atom. The number of hydrogen-bond acceptors (Lipinski definition) is 9. The Morgan fingerprint density at radius 3 is 2.62 bits per heavy atom. The number of rotatable bonds is 10. The second-order valence-corrected chi connectivity index (χ2v) is 11.5. The van der Waals surface area contributed by atoms with Gasteiger partial charge in [0.05, 0.1) is 34.5 Å². The molecule has 0 radical (unpaired) electrons. The Morgan fingerprint density at radius 1 is 1.15 bits per heavy atom. The summed E-state index contributed by atoms with van der Waals surface area (Å²) >= 11 is 7.59. The highest BCUT2D eigenvalue weighted by molar-refractivity contribution is 7.22. The number of amides is 2. The van der Waals surface area contributed by atoms with E-state index in [0.717, 1.165) is 15.7 Å². The van der Waals surface area contributed by atoms with Crippen LogP contribution < -0.4 is 5.32 Å². The zero-order valence-electron chi connectivity index (χ0n) is 23.1. The Labute approximate surface area is 241 Å². The van der Waals surface area contributed by atoms with Crippen molar-refractivity contribution in [2.75, 3.05) is 38.7 Å². The average Bonchev–Trinajstić information content (AvgIpc) is 3.45. The highest BCUT2D eigenvalue weighted by atomic mass is 35.5. The highest BCUT2D eigenvalue weighted by Crippen LogP contribution is 2.31. The molecule has 0 saturated carbocycles. The molecule has 0 aliphatic heterocycles. The normalized spacial score (nSPS) is 11.7. The minimum atomic E-state index is -0.605. The number of hydroxylamine groups is 2. The lowest BCUT2D eigenvalue weighted by atomic mass is 10.2. The van der Waals surface area contributed by atoms with Crippen LogP contribution in [0, 0.1) is 0 Å². The smallest absolute Gasteiger partial charge is 0.410 e. The number of imidazole rings is 1. The van der Waals surface area contributed by atoms with Gasteiger partial charge in [-0.05, 0) is 64.1 Å². The van der Waals surface area contributed by atoms with Crippen LogP contribution in [0.5, 0.6) is 0 Å². The van der Waals surface area contributed by atoms with Crippen LogP contribution in [0.3, 0.4) is 0 Å². The summed E-state index contributed by atoms with van der Waals surface area (Å²) in [6.07, 6.45) is -0.426. The predicted molar refractivity (Wildman–Crippen MR) is 156 cm³/mol. The molecule has 2 aromatic heterocycles. The number of halogens is 1. The van der Waals surface area contributed by atoms with E-state index in [1.807, 2.05) is 43.5 Å². The quantitative estimate of drug-likeness (QED) is 0.239. The third-order valence-corrected chi connectivity index (χ3v) is 6.95. The SMILES string of the molecule is CCN(OCCO)C(=O)c1ccc2c(c1)nc(Nc1nc3ccc(Cl)cc3s1)n2CCN(C)C(=O)OC(C)(C)C. The molecule has 0 unspecified atom stereocenters. The van der Waals surface area contributed by atoms with Gasteiger partial charge >= 0.3 is 6.09 Å². The summed E-state index contributed by atoms with van der Waals surface area (Å²) in [6.45, 7) is 8.14. The number of benzene rings is 2. The molecular weight excluding hydrogens is 556 g/mol. The van der Waals surface area contributed by atoms with E-state index in [9.17, 15) is 9.59 Å². The summed E-state index contributed by atoms with van der Waals surface area (Å²) in [4.78, 5) is 41.9. The van der Waals surface area contributed by atoms with Crippen LogP contribution in [-0.2, 0) is 16.1 Å². The van der Waals surface area contributed by atoms with E-state index in [0.29, 0.717) is 46.8 Å². The molecule has 0 atom stereocenters. The summed E-state index contributed by atoms with van der Waals surface area (Å²) < 4.78 is 8.35. The number of aliphatic hydroxyl groups excluding tert-OH is 1. The second kappa shape index (κ2) is 12.4. The van der Waals surface area contributed by atoms with Crippen molar-refractivity contribution in [2.24, 2.45) is 0 Å². The monoisotopic (exact) mass is 588 g/mol. The topological polar surface area (TPSA) is 122 Å². The van der Waals surface area contributed by atoms with Crippen molar-refractivity contribution in [2.45, 2.75) is 39.8 Å². The van der Waals surface area contributed by atoms with E-state index in [-0.39, 0.29) is 19.1 Å². The van der Waals surface area contributed by atoms with Crippen molar-refractivity contribution < 1.29 is 24.3 Å². The largest absolute Gasteiger partial charge is 0.444 e.